The van der Waals surface area contributed by atoms with Gasteiger partial charge in [-0.05, 0) is 91.0 Å². The number of halogens is 3. The molecule has 19 heteroatoms. The molecule has 2 unspecified atom stereocenters. The smallest absolute Gasteiger partial charge is 0.345 e. The molecule has 5 aromatic carbocycles. The molecule has 15 nitrogen and oxygen atoms in total. The van der Waals surface area contributed by atoms with Crippen LogP contribution in [0.4, 0.5) is 4.39 Å². The largest absolute Gasteiger partial charge is 0.491 e. The number of hydrogen-bond acceptors (Lipinski definition) is 15. The topological polar surface area (TPSA) is 178 Å². The summed E-state index contributed by atoms with van der Waals surface area (Å²) in [5.74, 6) is 0.579. The van der Waals surface area contributed by atoms with Crippen molar-refractivity contribution in [2.24, 2.45) is 0 Å². The summed E-state index contributed by atoms with van der Waals surface area (Å²) in [5.41, 5.74) is 1.53. The molecule has 12 rings (SSSR count). The first-order valence-electron chi connectivity index (χ1n) is 22.8. The van der Waals surface area contributed by atoms with E-state index in [-0.39, 0.29) is 40.8 Å². The maximum Gasteiger partial charge on any atom is 0.345 e. The zero-order valence-electron chi connectivity index (χ0n) is 37.9. The predicted molar refractivity (Wildman–Crippen MR) is 264 cm³/mol. The third-order valence-electron chi connectivity index (χ3n) is 12.8. The van der Waals surface area contributed by atoms with Crippen molar-refractivity contribution in [3.05, 3.63) is 112 Å². The number of nitrogens with zero attached hydrogens (tertiary/aromatic N) is 4. The van der Waals surface area contributed by atoms with Crippen molar-refractivity contribution in [2.45, 2.75) is 50.3 Å². The average Bonchev–Trinajstić information content (AvgIpc) is 3.88. The molecule has 2 fully saturated rings. The lowest BCUT2D eigenvalue weighted by Gasteiger charge is -2.24. The lowest BCUT2D eigenvalue weighted by atomic mass is 9.94. The van der Waals surface area contributed by atoms with Gasteiger partial charge in [0.25, 0.3) is 0 Å². The van der Waals surface area contributed by atoms with Crippen molar-refractivity contribution in [3.63, 3.8) is 0 Å². The molecule has 70 heavy (non-hydrogen) atoms. The Hall–Kier alpha value is -6.18. The number of benzene rings is 5. The first-order valence-corrected chi connectivity index (χ1v) is 24.3. The molecule has 3 aliphatic heterocycles. The van der Waals surface area contributed by atoms with Gasteiger partial charge < -0.3 is 48.9 Å². The monoisotopic (exact) mass is 1010 g/mol. The van der Waals surface area contributed by atoms with Gasteiger partial charge in [0.05, 0.1) is 40.9 Å². The highest BCUT2D eigenvalue weighted by Gasteiger charge is 2.60. The van der Waals surface area contributed by atoms with Gasteiger partial charge in [-0.25, -0.2) is 29.1 Å². The minimum atomic E-state index is -1.47. The number of carboxylic acids is 1. The van der Waals surface area contributed by atoms with Gasteiger partial charge in [-0.2, -0.15) is 0 Å². The molecule has 6 bridgehead atoms. The summed E-state index contributed by atoms with van der Waals surface area (Å²) < 4.78 is 59.7. The minimum absolute atomic E-state index is 0.0310. The number of hydrogen-bond donors (Lipinski definition) is 3. The number of carbonyl (C=O) groups is 1. The van der Waals surface area contributed by atoms with Gasteiger partial charge in [-0.15, -0.1) is 11.3 Å². The number of rotatable bonds is 13. The third-order valence-corrected chi connectivity index (χ3v) is 14.7. The van der Waals surface area contributed by atoms with E-state index in [9.17, 15) is 9.90 Å². The molecule has 6 heterocycles. The zero-order chi connectivity index (χ0) is 48.1. The Bertz CT molecular complexity index is 3320. The van der Waals surface area contributed by atoms with Gasteiger partial charge >= 0.3 is 5.97 Å². The van der Waals surface area contributed by atoms with Gasteiger partial charge in [-0.1, -0.05) is 29.3 Å². The number of aryl methyl sites for hydroxylation is 1. The van der Waals surface area contributed by atoms with Crippen molar-refractivity contribution in [3.8, 4) is 40.3 Å². The Balaban J connectivity index is 0.970. The van der Waals surface area contributed by atoms with Crippen LogP contribution in [0.15, 0.2) is 79.3 Å². The molecule has 1 saturated heterocycles. The van der Waals surface area contributed by atoms with Crippen molar-refractivity contribution >= 4 is 82.4 Å². The van der Waals surface area contributed by atoms with Crippen molar-refractivity contribution < 1.29 is 47.4 Å². The fourth-order valence-electron chi connectivity index (χ4n) is 9.13. The van der Waals surface area contributed by atoms with E-state index in [1.165, 1.54) is 29.8 Å². The molecular weight excluding hydrogens is 963 g/mol. The van der Waals surface area contributed by atoms with Crippen LogP contribution in [0.2, 0.25) is 10.0 Å². The molecule has 8 aromatic rings. The van der Waals surface area contributed by atoms with Crippen LogP contribution >= 0.6 is 34.5 Å². The number of nitrogens with one attached hydrogen (secondary N) is 2. The van der Waals surface area contributed by atoms with E-state index in [2.05, 4.69) is 25.6 Å². The van der Waals surface area contributed by atoms with Crippen LogP contribution in [-0.2, 0) is 27.3 Å². The van der Waals surface area contributed by atoms with E-state index in [0.29, 0.717) is 130 Å². The summed E-state index contributed by atoms with van der Waals surface area (Å²) >= 11 is 16.1. The van der Waals surface area contributed by atoms with Gasteiger partial charge in [0.2, 0.25) is 12.0 Å². The second-order valence-corrected chi connectivity index (χ2v) is 19.2. The van der Waals surface area contributed by atoms with Crippen LogP contribution in [0.1, 0.15) is 23.2 Å². The summed E-state index contributed by atoms with van der Waals surface area (Å²) in [5, 5.41) is 21.4. The number of aliphatic carboxylic acids is 1. The van der Waals surface area contributed by atoms with Crippen molar-refractivity contribution in [2.75, 3.05) is 53.1 Å². The van der Waals surface area contributed by atoms with Crippen LogP contribution in [0.5, 0.6) is 28.9 Å². The Kier molecular flexibility index (Phi) is 12.7. The van der Waals surface area contributed by atoms with E-state index < -0.39 is 29.6 Å². The highest BCUT2D eigenvalue weighted by Crippen LogP contribution is 2.55. The van der Waals surface area contributed by atoms with E-state index in [1.54, 1.807) is 36.5 Å². The lowest BCUT2D eigenvalue weighted by Crippen LogP contribution is -2.40. The van der Waals surface area contributed by atoms with Crippen molar-refractivity contribution in [1.29, 1.82) is 0 Å². The van der Waals surface area contributed by atoms with Crippen LogP contribution < -0.4 is 34.3 Å². The quantitative estimate of drug-likeness (QED) is 0.0737. The first kappa shape index (κ1) is 46.2. The molecule has 360 valence electrons. The number of fused-ring (bicyclic) bond motifs is 5. The third kappa shape index (κ3) is 8.84. The zero-order valence-corrected chi connectivity index (χ0v) is 40.2. The van der Waals surface area contributed by atoms with Gasteiger partial charge in [0, 0.05) is 70.7 Å². The average molecular weight is 1010 g/mol. The lowest BCUT2D eigenvalue weighted by molar-refractivity contribution is -0.145. The second-order valence-electron chi connectivity index (χ2n) is 17.4. The van der Waals surface area contributed by atoms with Gasteiger partial charge in [0.1, 0.15) is 59.6 Å². The summed E-state index contributed by atoms with van der Waals surface area (Å²) in [4.78, 5) is 32.3. The summed E-state index contributed by atoms with van der Waals surface area (Å²) in [6, 6.07) is 19.0. The van der Waals surface area contributed by atoms with Crippen molar-refractivity contribution in [1.82, 2.24) is 30.6 Å². The summed E-state index contributed by atoms with van der Waals surface area (Å²) in [6.07, 6.45) is 1.21. The molecule has 1 aliphatic carbocycles. The van der Waals surface area contributed by atoms with Crippen LogP contribution in [0.25, 0.3) is 53.2 Å². The predicted octanol–water partition coefficient (Wildman–Crippen LogP) is 8.90. The Morgan fingerprint density at radius 1 is 0.943 bits per heavy atom. The van der Waals surface area contributed by atoms with E-state index >= 15 is 4.39 Å². The maximum atomic E-state index is 15.3. The summed E-state index contributed by atoms with van der Waals surface area (Å²) in [6.45, 7) is 5.61. The molecule has 3 aromatic heterocycles. The highest BCUT2D eigenvalue weighted by molar-refractivity contribution is 7.26. The molecule has 1 saturated carbocycles. The van der Waals surface area contributed by atoms with Gasteiger partial charge in [-0.3, -0.25) is 0 Å². The second kappa shape index (κ2) is 19.2. The first-order chi connectivity index (χ1) is 34.1. The summed E-state index contributed by atoms with van der Waals surface area (Å²) in [7, 11) is 1.87. The fourth-order valence-corrected chi connectivity index (χ4v) is 10.9. The molecule has 0 amide bonds. The maximum absolute atomic E-state index is 15.3. The Morgan fingerprint density at radius 2 is 1.81 bits per heavy atom. The molecular formula is C51H45Cl2FN6O9S. The standard InChI is InChI=1S/C51H45Cl2FN6O9S/c1-26-39-40-35-19-29(54)5-9-34(35)46-41(39)42-48(58-25-59-49(42)70-46)68-37(50(61)62)18-28-17-32(67-38-20-51(38,24-56-14-13-55-2)69-45(43(26)52)44(40)53)8-10-36(28)66-21-30-11-12-57-47(60-30)27-3-6-31(7-4-27)65-23-33-22-63-15-16-64-33/h3-12,17,19,25,33,37-38,55-56H,13-16,18,20-24H2,1-2H3,(H,61,62)/t33-,37+,38?,51?/m0/s1. The fraction of sp³-hybridized carbons (Fsp3) is 0.314. The highest BCUT2D eigenvalue weighted by atomic mass is 35.5. The van der Waals surface area contributed by atoms with Crippen LogP contribution in [0, 0.1) is 12.7 Å². The number of likely N-dealkylation sites (N-methyl/N-ethyl adjacent to an activating group) is 1. The van der Waals surface area contributed by atoms with E-state index in [4.69, 9.17) is 61.3 Å². The molecule has 0 spiro atoms. The minimum Gasteiger partial charge on any atom is -0.491 e. The number of carboxylic acid groups (broad SMARTS) is 1. The number of aromatic nitrogens is 4. The molecule has 4 atom stereocenters. The van der Waals surface area contributed by atoms with E-state index in [1.807, 2.05) is 38.2 Å². The van der Waals surface area contributed by atoms with Crippen LogP contribution in [-0.4, -0.2) is 108 Å². The SMILES string of the molecule is CNCCNCC12CC1Oc1ccc(OCc3ccnc(-c4ccc(OC[C@@H]5COCCO5)cc4)n3)c(c1)C[C@H](C(=O)O)Oc1ncnc3sc4c5ccc(F)cc5c5c(Cl)c(c(Cl)c(C)c5c4c13)O2. The van der Waals surface area contributed by atoms with Gasteiger partial charge in [0.15, 0.2) is 17.2 Å². The normalized spacial score (nSPS) is 19.9. The van der Waals surface area contributed by atoms with Crippen LogP contribution in [0.3, 0.4) is 0 Å². The number of thiophene rings is 1. The van der Waals surface area contributed by atoms with E-state index in [0.717, 1.165) is 10.3 Å². The molecule has 3 N–H and O–H groups in total. The molecule has 0 radical (unpaired) electrons. The Morgan fingerprint density at radius 3 is 2.63 bits per heavy atom. The molecule has 4 aliphatic rings. The number of ether oxygens (including phenoxy) is 7. The Labute approximate surface area is 414 Å².